The Hall–Kier alpha value is -1.52. The fourth-order valence-electron chi connectivity index (χ4n) is 1.69. The van der Waals surface area contributed by atoms with Crippen LogP contribution in [0.25, 0.3) is 11.1 Å². The van der Waals surface area contributed by atoms with Crippen molar-refractivity contribution in [2.24, 2.45) is 0 Å². The van der Waals surface area contributed by atoms with Gasteiger partial charge >= 0.3 is 0 Å². The van der Waals surface area contributed by atoms with E-state index in [4.69, 9.17) is 10.5 Å². The molecule has 0 saturated heterocycles. The highest BCUT2D eigenvalue weighted by Gasteiger charge is 2.12. The second kappa shape index (κ2) is 5.70. The Balaban J connectivity index is 0.00000144. The molecule has 1 aromatic carbocycles. The molecule has 0 fully saturated rings. The van der Waals surface area contributed by atoms with Crippen LogP contribution in [0.15, 0.2) is 24.3 Å². The first-order valence-corrected chi connectivity index (χ1v) is 5.11. The normalized spacial score (nSPS) is 10.0. The molecule has 0 aliphatic rings. The molecule has 0 unspecified atom stereocenters. The summed E-state index contributed by atoms with van der Waals surface area (Å²) in [6.07, 6.45) is 0. The predicted octanol–water partition coefficient (Wildman–Crippen LogP) is 2.54. The Kier molecular flexibility index (Phi) is 4.54. The maximum atomic E-state index is 5.84. The summed E-state index contributed by atoms with van der Waals surface area (Å²) in [5.41, 5.74) is 9.96. The second-order valence-corrected chi connectivity index (χ2v) is 3.76. The molecular weight excluding hydrogens is 238 g/mol. The van der Waals surface area contributed by atoms with Crippen molar-refractivity contribution < 1.29 is 4.74 Å². The molecule has 2 rings (SSSR count). The summed E-state index contributed by atoms with van der Waals surface area (Å²) in [6.45, 7) is 2.53. The first kappa shape index (κ1) is 13.5. The summed E-state index contributed by atoms with van der Waals surface area (Å²) in [5.74, 6) is 0.510. The Labute approximate surface area is 107 Å². The van der Waals surface area contributed by atoms with Crippen molar-refractivity contribution >= 4 is 18.2 Å². The number of anilines is 1. The summed E-state index contributed by atoms with van der Waals surface area (Å²) < 4.78 is 5.10. The third-order valence-electron chi connectivity index (χ3n) is 2.50. The molecular formula is C12H16ClN3O. The Morgan fingerprint density at radius 2 is 1.94 bits per heavy atom. The zero-order valence-corrected chi connectivity index (χ0v) is 10.7. The van der Waals surface area contributed by atoms with Gasteiger partial charge in [-0.3, -0.25) is 5.10 Å². The van der Waals surface area contributed by atoms with Gasteiger partial charge in [0.25, 0.3) is 0 Å². The molecule has 0 radical (unpaired) electrons. The number of halogens is 1. The number of aromatic nitrogens is 2. The average Bonchev–Trinajstić information content (AvgIpc) is 2.62. The monoisotopic (exact) mass is 253 g/mol. The van der Waals surface area contributed by atoms with Crippen LogP contribution < -0.4 is 5.73 Å². The van der Waals surface area contributed by atoms with Crippen LogP contribution in [0, 0.1) is 6.92 Å². The Bertz CT molecular complexity index is 479. The van der Waals surface area contributed by atoms with E-state index in [-0.39, 0.29) is 12.4 Å². The number of methoxy groups -OCH3 is 1. The SMILES string of the molecule is COCc1[nH]nc(N)c1-c1ccc(C)cc1.Cl. The Morgan fingerprint density at radius 1 is 1.29 bits per heavy atom. The Morgan fingerprint density at radius 3 is 2.53 bits per heavy atom. The van der Waals surface area contributed by atoms with Gasteiger partial charge in [-0.25, -0.2) is 0 Å². The molecule has 17 heavy (non-hydrogen) atoms. The van der Waals surface area contributed by atoms with E-state index in [1.54, 1.807) is 7.11 Å². The van der Waals surface area contributed by atoms with Gasteiger partial charge in [0.05, 0.1) is 12.3 Å². The topological polar surface area (TPSA) is 63.9 Å². The highest BCUT2D eigenvalue weighted by atomic mass is 35.5. The number of nitrogen functional groups attached to an aromatic ring is 1. The minimum Gasteiger partial charge on any atom is -0.382 e. The predicted molar refractivity (Wildman–Crippen MR) is 71.1 cm³/mol. The van der Waals surface area contributed by atoms with Crippen LogP contribution in [0.1, 0.15) is 11.3 Å². The molecule has 0 amide bonds. The van der Waals surface area contributed by atoms with E-state index in [1.807, 2.05) is 12.1 Å². The summed E-state index contributed by atoms with van der Waals surface area (Å²) in [4.78, 5) is 0. The zero-order chi connectivity index (χ0) is 11.5. The van der Waals surface area contributed by atoms with Crippen molar-refractivity contribution in [1.29, 1.82) is 0 Å². The van der Waals surface area contributed by atoms with Gasteiger partial charge in [-0.05, 0) is 12.5 Å². The molecule has 0 aliphatic carbocycles. The number of nitrogens with two attached hydrogens (primary N) is 1. The molecule has 4 nitrogen and oxygen atoms in total. The highest BCUT2D eigenvalue weighted by molar-refractivity contribution is 5.85. The van der Waals surface area contributed by atoms with Gasteiger partial charge in [0, 0.05) is 12.7 Å². The van der Waals surface area contributed by atoms with Crippen molar-refractivity contribution in [2.45, 2.75) is 13.5 Å². The second-order valence-electron chi connectivity index (χ2n) is 3.76. The third kappa shape index (κ3) is 2.78. The van der Waals surface area contributed by atoms with Crippen molar-refractivity contribution in [3.8, 4) is 11.1 Å². The van der Waals surface area contributed by atoms with Crippen LogP contribution in [-0.2, 0) is 11.3 Å². The number of benzene rings is 1. The molecule has 0 saturated carbocycles. The van der Waals surface area contributed by atoms with Crippen molar-refractivity contribution in [2.75, 3.05) is 12.8 Å². The average molecular weight is 254 g/mol. The molecule has 2 aromatic rings. The van der Waals surface area contributed by atoms with Gasteiger partial charge in [0.2, 0.25) is 0 Å². The lowest BCUT2D eigenvalue weighted by atomic mass is 10.0. The fraction of sp³-hybridized carbons (Fsp3) is 0.250. The zero-order valence-electron chi connectivity index (χ0n) is 9.86. The molecule has 0 atom stereocenters. The fourth-order valence-corrected chi connectivity index (χ4v) is 1.69. The van der Waals surface area contributed by atoms with Gasteiger partial charge in [-0.15, -0.1) is 12.4 Å². The van der Waals surface area contributed by atoms with E-state index in [0.29, 0.717) is 12.4 Å². The number of hydrogen-bond donors (Lipinski definition) is 2. The molecule has 1 aromatic heterocycles. The van der Waals surface area contributed by atoms with E-state index < -0.39 is 0 Å². The van der Waals surface area contributed by atoms with E-state index in [0.717, 1.165) is 16.8 Å². The minimum absolute atomic E-state index is 0. The van der Waals surface area contributed by atoms with Gasteiger partial charge in [-0.1, -0.05) is 29.8 Å². The highest BCUT2D eigenvalue weighted by Crippen LogP contribution is 2.28. The van der Waals surface area contributed by atoms with Gasteiger partial charge in [0.15, 0.2) is 5.82 Å². The van der Waals surface area contributed by atoms with Crippen LogP contribution >= 0.6 is 12.4 Å². The van der Waals surface area contributed by atoms with Crippen LogP contribution in [-0.4, -0.2) is 17.3 Å². The summed E-state index contributed by atoms with van der Waals surface area (Å²) >= 11 is 0. The van der Waals surface area contributed by atoms with Crippen molar-refractivity contribution in [1.82, 2.24) is 10.2 Å². The van der Waals surface area contributed by atoms with Crippen LogP contribution in [0.5, 0.6) is 0 Å². The van der Waals surface area contributed by atoms with Crippen LogP contribution in [0.2, 0.25) is 0 Å². The number of H-pyrrole nitrogens is 1. The number of ether oxygens (including phenoxy) is 1. The smallest absolute Gasteiger partial charge is 0.153 e. The van der Waals surface area contributed by atoms with Crippen molar-refractivity contribution in [3.63, 3.8) is 0 Å². The number of aryl methyl sites for hydroxylation is 1. The summed E-state index contributed by atoms with van der Waals surface area (Å²) in [7, 11) is 1.65. The molecule has 92 valence electrons. The van der Waals surface area contributed by atoms with E-state index in [2.05, 4.69) is 29.3 Å². The van der Waals surface area contributed by atoms with Crippen molar-refractivity contribution in [3.05, 3.63) is 35.5 Å². The van der Waals surface area contributed by atoms with Gasteiger partial charge < -0.3 is 10.5 Å². The van der Waals surface area contributed by atoms with Gasteiger partial charge in [0.1, 0.15) is 0 Å². The minimum atomic E-state index is 0. The van der Waals surface area contributed by atoms with E-state index in [9.17, 15) is 0 Å². The molecule has 0 aliphatic heterocycles. The van der Waals surface area contributed by atoms with Crippen LogP contribution in [0.3, 0.4) is 0 Å². The molecule has 0 spiro atoms. The number of rotatable bonds is 3. The third-order valence-corrected chi connectivity index (χ3v) is 2.50. The van der Waals surface area contributed by atoms with Gasteiger partial charge in [-0.2, -0.15) is 5.10 Å². The van der Waals surface area contributed by atoms with E-state index in [1.165, 1.54) is 5.56 Å². The summed E-state index contributed by atoms with van der Waals surface area (Å²) in [5, 5.41) is 6.89. The van der Waals surface area contributed by atoms with Crippen LogP contribution in [0.4, 0.5) is 5.82 Å². The number of nitrogens with one attached hydrogen (secondary N) is 1. The number of nitrogens with zero attached hydrogens (tertiary/aromatic N) is 1. The standard InChI is InChI=1S/C12H15N3O.ClH/c1-8-3-5-9(6-4-8)11-10(7-16-2)14-15-12(11)13;/h3-6H,7H2,1-2H3,(H3,13,14,15);1H. The molecule has 5 heteroatoms. The first-order valence-electron chi connectivity index (χ1n) is 5.11. The lowest BCUT2D eigenvalue weighted by molar-refractivity contribution is 0.182. The lowest BCUT2D eigenvalue weighted by Gasteiger charge is -2.04. The molecule has 1 heterocycles. The van der Waals surface area contributed by atoms with E-state index >= 15 is 0 Å². The number of hydrogen-bond acceptors (Lipinski definition) is 3. The maximum absolute atomic E-state index is 5.84. The first-order chi connectivity index (χ1) is 7.72. The maximum Gasteiger partial charge on any atom is 0.153 e. The lowest BCUT2D eigenvalue weighted by Crippen LogP contribution is -1.92. The molecule has 0 bridgehead atoms. The number of aromatic amines is 1. The summed E-state index contributed by atoms with van der Waals surface area (Å²) in [6, 6.07) is 8.18. The quantitative estimate of drug-likeness (QED) is 0.884. The largest absolute Gasteiger partial charge is 0.382 e. The molecule has 3 N–H and O–H groups in total.